The van der Waals surface area contributed by atoms with E-state index in [1.807, 2.05) is 0 Å². The Kier molecular flexibility index (Phi) is 6.70. The first-order valence-electron chi connectivity index (χ1n) is 11.7. The molecule has 172 valence electrons. The molecular weight excluding hydrogens is 418 g/mol. The topological polar surface area (TPSA) is 79.2 Å². The first-order valence-corrected chi connectivity index (χ1v) is 11.7. The second kappa shape index (κ2) is 9.67. The molecule has 0 saturated heterocycles. The van der Waals surface area contributed by atoms with Crippen LogP contribution < -0.4 is 4.90 Å². The molecular formula is C26H30N3O4+. The molecule has 0 aliphatic carbocycles. The van der Waals surface area contributed by atoms with Crippen LogP contribution in [0.5, 0.6) is 0 Å². The molecule has 0 bridgehead atoms. The molecule has 2 aromatic rings. The van der Waals surface area contributed by atoms with Crippen molar-refractivity contribution in [3.8, 4) is 0 Å². The maximum absolute atomic E-state index is 13.0. The first kappa shape index (κ1) is 22.9. The van der Waals surface area contributed by atoms with Crippen molar-refractivity contribution in [1.82, 2.24) is 9.80 Å². The smallest absolute Gasteiger partial charge is 0.265 e. The van der Waals surface area contributed by atoms with Crippen LogP contribution in [0.4, 0.5) is 0 Å². The summed E-state index contributed by atoms with van der Waals surface area (Å²) in [7, 11) is 0. The minimum atomic E-state index is -0.322. The number of fused-ring (bicyclic) bond motifs is 2. The lowest BCUT2D eigenvalue weighted by molar-refractivity contribution is -0.917. The van der Waals surface area contributed by atoms with Gasteiger partial charge in [0.05, 0.1) is 28.8 Å². The van der Waals surface area contributed by atoms with Crippen LogP contribution in [-0.4, -0.2) is 53.3 Å². The minimum Gasteiger partial charge on any atom is -0.300 e. The van der Waals surface area contributed by atoms with Gasteiger partial charge in [0.2, 0.25) is 0 Å². The number of hydrogen-bond donors (Lipinski definition) is 1. The van der Waals surface area contributed by atoms with Crippen LogP contribution in [0.3, 0.4) is 0 Å². The normalized spacial score (nSPS) is 16.1. The number of rotatable bonds is 10. The van der Waals surface area contributed by atoms with Crippen molar-refractivity contribution in [1.29, 1.82) is 0 Å². The van der Waals surface area contributed by atoms with Gasteiger partial charge in [0.25, 0.3) is 23.6 Å². The van der Waals surface area contributed by atoms with Gasteiger partial charge in [-0.05, 0) is 37.1 Å². The second-order valence-corrected chi connectivity index (χ2v) is 8.85. The number of carbonyl (C=O) groups excluding carboxylic acids is 4. The molecule has 2 aliphatic heterocycles. The maximum Gasteiger partial charge on any atom is 0.265 e. The van der Waals surface area contributed by atoms with Gasteiger partial charge in [-0.2, -0.15) is 0 Å². The van der Waals surface area contributed by atoms with Gasteiger partial charge in [-0.1, -0.05) is 51.0 Å². The molecule has 2 aliphatic rings. The van der Waals surface area contributed by atoms with Crippen LogP contribution in [0, 0.1) is 5.92 Å². The van der Waals surface area contributed by atoms with Crippen molar-refractivity contribution in [3.63, 3.8) is 0 Å². The third-order valence-corrected chi connectivity index (χ3v) is 6.64. The van der Waals surface area contributed by atoms with Gasteiger partial charge in [0.1, 0.15) is 0 Å². The summed E-state index contributed by atoms with van der Waals surface area (Å²) in [6, 6.07) is 13.6. The monoisotopic (exact) mass is 448 g/mol. The van der Waals surface area contributed by atoms with Crippen LogP contribution in [0.15, 0.2) is 48.5 Å². The molecule has 0 saturated carbocycles. The number of carbonyl (C=O) groups is 4. The van der Waals surface area contributed by atoms with Gasteiger partial charge in [-0.15, -0.1) is 0 Å². The predicted octanol–water partition coefficient (Wildman–Crippen LogP) is 2.60. The van der Waals surface area contributed by atoms with E-state index in [0.717, 1.165) is 30.6 Å². The van der Waals surface area contributed by atoms with Crippen LogP contribution in [-0.2, 0) is 0 Å². The summed E-state index contributed by atoms with van der Waals surface area (Å²) in [5.74, 6) is -0.923. The zero-order valence-electron chi connectivity index (χ0n) is 19.2. The second-order valence-electron chi connectivity index (χ2n) is 8.85. The molecule has 0 spiro atoms. The van der Waals surface area contributed by atoms with E-state index in [1.165, 1.54) is 9.80 Å². The van der Waals surface area contributed by atoms with Crippen molar-refractivity contribution >= 4 is 23.6 Å². The highest BCUT2D eigenvalue weighted by molar-refractivity contribution is 6.22. The summed E-state index contributed by atoms with van der Waals surface area (Å²) in [6.45, 7) is 5.17. The van der Waals surface area contributed by atoms with Crippen molar-refractivity contribution < 1.29 is 24.1 Å². The third kappa shape index (κ3) is 4.33. The molecule has 1 atom stereocenters. The number of quaternary nitrogens is 1. The van der Waals surface area contributed by atoms with Gasteiger partial charge in [0, 0.05) is 5.92 Å². The van der Waals surface area contributed by atoms with E-state index in [1.54, 1.807) is 48.5 Å². The maximum atomic E-state index is 13.0. The van der Waals surface area contributed by atoms with Gasteiger partial charge in [0.15, 0.2) is 13.3 Å². The highest BCUT2D eigenvalue weighted by atomic mass is 16.2. The van der Waals surface area contributed by atoms with Crippen LogP contribution in [0.2, 0.25) is 0 Å². The molecule has 2 heterocycles. The number of benzene rings is 2. The summed E-state index contributed by atoms with van der Waals surface area (Å²) >= 11 is 0. The molecule has 7 heteroatoms. The Morgan fingerprint density at radius 1 is 0.697 bits per heavy atom. The van der Waals surface area contributed by atoms with E-state index >= 15 is 0 Å². The number of nitrogens with zero attached hydrogens (tertiary/aromatic N) is 2. The Morgan fingerprint density at radius 3 is 1.42 bits per heavy atom. The van der Waals surface area contributed by atoms with E-state index < -0.39 is 0 Å². The lowest BCUT2D eigenvalue weighted by Gasteiger charge is -2.29. The average molecular weight is 449 g/mol. The molecule has 4 amide bonds. The molecule has 2 aromatic carbocycles. The van der Waals surface area contributed by atoms with E-state index in [2.05, 4.69) is 13.8 Å². The summed E-state index contributed by atoms with van der Waals surface area (Å²) < 4.78 is 0. The van der Waals surface area contributed by atoms with Gasteiger partial charge in [-0.3, -0.25) is 24.1 Å². The lowest BCUT2D eigenvalue weighted by Crippen LogP contribution is -3.15. The quantitative estimate of drug-likeness (QED) is 0.567. The van der Waals surface area contributed by atoms with Gasteiger partial charge < -0.3 is 0 Å². The fourth-order valence-electron chi connectivity index (χ4n) is 4.74. The standard InChI is InChI=1S/C26H29N3O4/c1-3-5-10-18(4-2)15-27(16-28-23(30)19-11-6-7-12-20(19)24(28)31)17-29-25(32)21-13-8-9-14-22(21)26(29)33/h6-9,11-14,18H,3-5,10,15-17H2,1-2H3/p+1/t18-/m1/s1. The zero-order chi connectivity index (χ0) is 23.5. The molecule has 4 rings (SSSR count). The molecule has 0 fully saturated rings. The van der Waals surface area contributed by atoms with E-state index in [9.17, 15) is 19.2 Å². The first-order chi connectivity index (χ1) is 16.0. The zero-order valence-corrected chi connectivity index (χ0v) is 19.2. The van der Waals surface area contributed by atoms with E-state index in [-0.39, 0.29) is 37.0 Å². The Morgan fingerprint density at radius 2 is 1.09 bits per heavy atom. The highest BCUT2D eigenvalue weighted by Crippen LogP contribution is 2.23. The number of hydrogen-bond acceptors (Lipinski definition) is 4. The van der Waals surface area contributed by atoms with Gasteiger partial charge >= 0.3 is 0 Å². The summed E-state index contributed by atoms with van der Waals surface area (Å²) in [4.78, 5) is 55.2. The van der Waals surface area contributed by atoms with Crippen molar-refractivity contribution in [2.24, 2.45) is 5.92 Å². The number of unbranched alkanes of at least 4 members (excludes halogenated alkanes) is 1. The van der Waals surface area contributed by atoms with Crippen LogP contribution in [0.1, 0.15) is 81.0 Å². The van der Waals surface area contributed by atoms with E-state index in [4.69, 9.17) is 0 Å². The fourth-order valence-corrected chi connectivity index (χ4v) is 4.74. The molecule has 7 nitrogen and oxygen atoms in total. The molecule has 0 unspecified atom stereocenters. The van der Waals surface area contributed by atoms with Crippen molar-refractivity contribution in [2.75, 3.05) is 19.9 Å². The Hall–Kier alpha value is -3.32. The molecule has 0 aromatic heterocycles. The lowest BCUT2D eigenvalue weighted by atomic mass is 9.99. The van der Waals surface area contributed by atoms with E-state index in [0.29, 0.717) is 34.7 Å². The SMILES string of the molecule is CCCC[C@@H](CC)C[NH+](CN1C(=O)c2ccccc2C1=O)CN1C(=O)c2ccccc2C1=O. The number of nitrogens with one attached hydrogen (secondary N) is 1. The third-order valence-electron chi connectivity index (χ3n) is 6.64. The molecule has 1 N–H and O–H groups in total. The predicted molar refractivity (Wildman–Crippen MR) is 123 cm³/mol. The summed E-state index contributed by atoms with van der Waals surface area (Å²) in [5, 5.41) is 0. The van der Waals surface area contributed by atoms with Crippen molar-refractivity contribution in [2.45, 2.75) is 39.5 Å². The Labute approximate surface area is 194 Å². The number of amides is 4. The molecule has 0 radical (unpaired) electrons. The summed E-state index contributed by atoms with van der Waals surface area (Å²) in [5.41, 5.74) is 1.61. The fraction of sp³-hybridized carbons (Fsp3) is 0.385. The summed E-state index contributed by atoms with van der Waals surface area (Å²) in [6.07, 6.45) is 4.16. The Bertz CT molecular complexity index is 949. The largest absolute Gasteiger partial charge is 0.300 e. The minimum absolute atomic E-state index is 0.113. The van der Waals surface area contributed by atoms with Crippen LogP contribution >= 0.6 is 0 Å². The number of imide groups is 2. The van der Waals surface area contributed by atoms with Crippen LogP contribution in [0.25, 0.3) is 0 Å². The highest BCUT2D eigenvalue weighted by Gasteiger charge is 2.41. The van der Waals surface area contributed by atoms with Gasteiger partial charge in [-0.25, -0.2) is 9.80 Å². The Balaban J connectivity index is 1.57. The average Bonchev–Trinajstić information content (AvgIpc) is 3.22. The molecule has 33 heavy (non-hydrogen) atoms. The van der Waals surface area contributed by atoms with Crippen molar-refractivity contribution in [3.05, 3.63) is 70.8 Å².